The molecule has 0 aromatic carbocycles. The predicted octanol–water partition coefficient (Wildman–Crippen LogP) is 4.14. The minimum Gasteiger partial charge on any atom is -0.383 e. The van der Waals surface area contributed by atoms with Gasteiger partial charge >= 0.3 is 0 Å². The van der Waals surface area contributed by atoms with Gasteiger partial charge in [0.1, 0.15) is 0 Å². The summed E-state index contributed by atoms with van der Waals surface area (Å²) >= 11 is 4.03. The van der Waals surface area contributed by atoms with E-state index in [0.29, 0.717) is 0 Å². The number of fused-ring (bicyclic) bond motifs is 1. The maximum atomic E-state index is 4.09. The largest absolute Gasteiger partial charge is 0.383 e. The second kappa shape index (κ2) is 4.87. The molecular formula is C14H17N3S2. The average Bonchev–Trinajstić information content (AvgIpc) is 3.16. The molecule has 19 heavy (non-hydrogen) atoms. The van der Waals surface area contributed by atoms with Gasteiger partial charge in [0.2, 0.25) is 0 Å². The molecule has 0 spiro atoms. The zero-order chi connectivity index (χ0) is 12.7. The van der Waals surface area contributed by atoms with Crippen LogP contribution in [-0.2, 0) is 6.42 Å². The number of aromatic amines is 1. The maximum Gasteiger partial charge on any atom is 0.0843 e. The SMILES string of the molecule is c1cc(-c2sc(SC3CCCC3)c3c2CCN3)[nH]n1. The van der Waals surface area contributed by atoms with E-state index in [1.165, 1.54) is 51.7 Å². The smallest absolute Gasteiger partial charge is 0.0843 e. The Hall–Kier alpha value is -0.940. The third kappa shape index (κ3) is 2.09. The number of anilines is 1. The molecule has 100 valence electrons. The summed E-state index contributed by atoms with van der Waals surface area (Å²) in [6.07, 6.45) is 8.57. The van der Waals surface area contributed by atoms with Crippen LogP contribution < -0.4 is 5.32 Å². The number of H-pyrrole nitrogens is 1. The van der Waals surface area contributed by atoms with E-state index in [1.807, 2.05) is 17.5 Å². The van der Waals surface area contributed by atoms with Crippen LogP contribution in [0.25, 0.3) is 10.6 Å². The summed E-state index contributed by atoms with van der Waals surface area (Å²) in [7, 11) is 0. The molecule has 0 amide bonds. The van der Waals surface area contributed by atoms with Gasteiger partial charge in [0.05, 0.1) is 20.5 Å². The fraction of sp³-hybridized carbons (Fsp3) is 0.500. The number of aromatic nitrogens is 2. The highest BCUT2D eigenvalue weighted by molar-refractivity contribution is 8.02. The third-order valence-corrected chi connectivity index (χ3v) is 6.79. The highest BCUT2D eigenvalue weighted by atomic mass is 32.2. The molecule has 3 heterocycles. The molecular weight excluding hydrogens is 274 g/mol. The minimum absolute atomic E-state index is 0.833. The Morgan fingerprint density at radius 2 is 2.21 bits per heavy atom. The Kier molecular flexibility index (Phi) is 3.04. The molecule has 0 atom stereocenters. The number of nitrogens with zero attached hydrogens (tertiary/aromatic N) is 1. The standard InChI is InChI=1S/C14H17N3S2/c1-2-4-9(3-1)18-14-12-10(5-7-15-12)13(19-14)11-6-8-16-17-11/h6,8-9,15H,1-5,7H2,(H,16,17). The average molecular weight is 291 g/mol. The lowest BCUT2D eigenvalue weighted by molar-refractivity contribution is 0.886. The monoisotopic (exact) mass is 291 g/mol. The number of hydrogen-bond donors (Lipinski definition) is 2. The fourth-order valence-corrected chi connectivity index (χ4v) is 6.08. The normalized spacial score (nSPS) is 18.7. The van der Waals surface area contributed by atoms with Crippen molar-refractivity contribution >= 4 is 28.8 Å². The van der Waals surface area contributed by atoms with Gasteiger partial charge in [-0.1, -0.05) is 12.8 Å². The van der Waals surface area contributed by atoms with Crippen molar-refractivity contribution < 1.29 is 0 Å². The van der Waals surface area contributed by atoms with Crippen molar-refractivity contribution in [3.8, 4) is 10.6 Å². The molecule has 2 N–H and O–H groups in total. The van der Waals surface area contributed by atoms with Gasteiger partial charge in [-0.25, -0.2) is 0 Å². The minimum atomic E-state index is 0.833. The van der Waals surface area contributed by atoms with Crippen molar-refractivity contribution in [2.45, 2.75) is 41.6 Å². The number of thioether (sulfide) groups is 1. The van der Waals surface area contributed by atoms with Gasteiger partial charge in [-0.3, -0.25) is 5.10 Å². The molecule has 1 aliphatic carbocycles. The lowest BCUT2D eigenvalue weighted by atomic mass is 10.2. The Morgan fingerprint density at radius 1 is 1.32 bits per heavy atom. The molecule has 1 fully saturated rings. The van der Waals surface area contributed by atoms with Crippen LogP contribution in [0.1, 0.15) is 31.2 Å². The molecule has 1 saturated carbocycles. The van der Waals surface area contributed by atoms with E-state index in [1.54, 1.807) is 0 Å². The van der Waals surface area contributed by atoms with E-state index in [2.05, 4.69) is 33.3 Å². The molecule has 4 rings (SSSR count). The third-order valence-electron chi connectivity index (χ3n) is 3.97. The van der Waals surface area contributed by atoms with Crippen molar-refractivity contribution in [1.29, 1.82) is 0 Å². The first-order chi connectivity index (χ1) is 9.42. The summed E-state index contributed by atoms with van der Waals surface area (Å²) in [5, 5.41) is 11.6. The van der Waals surface area contributed by atoms with Crippen LogP contribution in [0, 0.1) is 0 Å². The van der Waals surface area contributed by atoms with Gasteiger partial charge in [0.15, 0.2) is 0 Å². The zero-order valence-corrected chi connectivity index (χ0v) is 12.4. The van der Waals surface area contributed by atoms with E-state index in [4.69, 9.17) is 0 Å². The summed E-state index contributed by atoms with van der Waals surface area (Å²) in [6.45, 7) is 1.08. The van der Waals surface area contributed by atoms with Gasteiger partial charge < -0.3 is 5.32 Å². The molecule has 2 aromatic heterocycles. The van der Waals surface area contributed by atoms with Crippen LogP contribution >= 0.6 is 23.1 Å². The van der Waals surface area contributed by atoms with Gasteiger partial charge in [0.25, 0.3) is 0 Å². The van der Waals surface area contributed by atoms with Gasteiger partial charge in [0, 0.05) is 18.0 Å². The van der Waals surface area contributed by atoms with Gasteiger partial charge in [-0.15, -0.1) is 23.1 Å². The molecule has 2 aliphatic rings. The van der Waals surface area contributed by atoms with Gasteiger partial charge in [-0.05, 0) is 30.9 Å². The number of rotatable bonds is 3. The second-order valence-corrected chi connectivity index (χ2v) is 7.83. The number of nitrogens with one attached hydrogen (secondary N) is 2. The van der Waals surface area contributed by atoms with Crippen molar-refractivity contribution in [3.05, 3.63) is 17.8 Å². The highest BCUT2D eigenvalue weighted by Crippen LogP contribution is 2.49. The summed E-state index contributed by atoms with van der Waals surface area (Å²) in [5.41, 5.74) is 4.07. The number of thiophene rings is 1. The first-order valence-electron chi connectivity index (χ1n) is 6.98. The zero-order valence-electron chi connectivity index (χ0n) is 10.7. The van der Waals surface area contributed by atoms with Crippen LogP contribution in [-0.4, -0.2) is 22.0 Å². The summed E-state index contributed by atoms with van der Waals surface area (Å²) in [4.78, 5) is 1.39. The number of hydrogen-bond acceptors (Lipinski definition) is 4. The molecule has 0 radical (unpaired) electrons. The maximum absolute atomic E-state index is 4.09. The Labute approximate surface area is 121 Å². The summed E-state index contributed by atoms with van der Waals surface area (Å²) in [6, 6.07) is 2.08. The quantitative estimate of drug-likeness (QED) is 0.893. The van der Waals surface area contributed by atoms with Crippen LogP contribution in [0.3, 0.4) is 0 Å². The second-order valence-electron chi connectivity index (χ2n) is 5.24. The molecule has 0 unspecified atom stereocenters. The topological polar surface area (TPSA) is 40.7 Å². The van der Waals surface area contributed by atoms with Crippen molar-refractivity contribution in [1.82, 2.24) is 10.2 Å². The fourth-order valence-electron chi connectivity index (χ4n) is 3.01. The van der Waals surface area contributed by atoms with E-state index in [0.717, 1.165) is 18.2 Å². The van der Waals surface area contributed by atoms with E-state index in [9.17, 15) is 0 Å². The molecule has 2 aromatic rings. The summed E-state index contributed by atoms with van der Waals surface area (Å²) in [5.74, 6) is 0. The molecule has 0 bridgehead atoms. The van der Waals surface area contributed by atoms with Crippen molar-refractivity contribution in [2.24, 2.45) is 0 Å². The molecule has 3 nitrogen and oxygen atoms in total. The first kappa shape index (κ1) is 11.9. The molecule has 1 aliphatic heterocycles. The Bertz CT molecular complexity index is 568. The molecule has 5 heteroatoms. The van der Waals surface area contributed by atoms with E-state index < -0.39 is 0 Å². The van der Waals surface area contributed by atoms with Crippen LogP contribution in [0.15, 0.2) is 16.5 Å². The van der Waals surface area contributed by atoms with Crippen molar-refractivity contribution in [2.75, 3.05) is 11.9 Å². The van der Waals surface area contributed by atoms with Crippen LogP contribution in [0.5, 0.6) is 0 Å². The van der Waals surface area contributed by atoms with Crippen LogP contribution in [0.4, 0.5) is 5.69 Å². The van der Waals surface area contributed by atoms with Gasteiger partial charge in [-0.2, -0.15) is 5.10 Å². The van der Waals surface area contributed by atoms with E-state index >= 15 is 0 Å². The Balaban J connectivity index is 1.69. The summed E-state index contributed by atoms with van der Waals surface area (Å²) < 4.78 is 1.49. The predicted molar refractivity (Wildman–Crippen MR) is 82.2 cm³/mol. The van der Waals surface area contributed by atoms with E-state index in [-0.39, 0.29) is 0 Å². The molecule has 0 saturated heterocycles. The first-order valence-corrected chi connectivity index (χ1v) is 8.67. The lowest BCUT2D eigenvalue weighted by Crippen LogP contribution is -1.95. The lowest BCUT2D eigenvalue weighted by Gasteiger charge is -2.08. The highest BCUT2D eigenvalue weighted by Gasteiger charge is 2.26. The van der Waals surface area contributed by atoms with Crippen molar-refractivity contribution in [3.63, 3.8) is 0 Å². The Morgan fingerprint density at radius 3 is 3.00 bits per heavy atom. The van der Waals surface area contributed by atoms with Crippen LogP contribution in [0.2, 0.25) is 0 Å².